The topological polar surface area (TPSA) is 75.9 Å². The second kappa shape index (κ2) is 9.83. The van der Waals surface area contributed by atoms with Gasteiger partial charge >= 0.3 is 0 Å². The van der Waals surface area contributed by atoms with E-state index in [-0.39, 0.29) is 17.5 Å². The Balaban J connectivity index is 1.51. The predicted molar refractivity (Wildman–Crippen MR) is 144 cm³/mol. The van der Waals surface area contributed by atoms with Gasteiger partial charge in [0.2, 0.25) is 0 Å². The van der Waals surface area contributed by atoms with E-state index in [1.807, 2.05) is 43.3 Å². The molecule has 1 aromatic carbocycles. The minimum atomic E-state index is -0.212. The number of amides is 1. The second-order valence-corrected chi connectivity index (χ2v) is 10.5. The average molecular weight is 507 g/mol. The second-order valence-electron chi connectivity index (χ2n) is 8.81. The molecular weight excluding hydrogens is 480 g/mol. The Morgan fingerprint density at radius 2 is 1.94 bits per heavy atom. The molecule has 1 amide bonds. The fourth-order valence-corrected chi connectivity index (χ4v) is 5.73. The molecule has 0 atom stereocenters. The van der Waals surface area contributed by atoms with Crippen molar-refractivity contribution in [2.75, 3.05) is 12.4 Å². The monoisotopic (exact) mass is 506 g/mol. The molecule has 1 aliphatic carbocycles. The summed E-state index contributed by atoms with van der Waals surface area (Å²) in [7, 11) is 1.61. The van der Waals surface area contributed by atoms with Gasteiger partial charge in [-0.1, -0.05) is 55.0 Å². The molecule has 9 heteroatoms. The van der Waals surface area contributed by atoms with Crippen LogP contribution >= 0.6 is 24.0 Å². The van der Waals surface area contributed by atoms with E-state index in [0.717, 1.165) is 42.6 Å². The Labute approximate surface area is 213 Å². The molecule has 1 N–H and O–H groups in total. The van der Waals surface area contributed by atoms with Crippen molar-refractivity contribution in [1.82, 2.24) is 14.3 Å². The number of thiocarbonyl (C=S) groups is 1. The van der Waals surface area contributed by atoms with Gasteiger partial charge in [-0.2, -0.15) is 0 Å². The number of methoxy groups -OCH3 is 1. The van der Waals surface area contributed by atoms with E-state index >= 15 is 0 Å². The lowest BCUT2D eigenvalue weighted by Gasteiger charge is -2.16. The molecule has 3 heterocycles. The predicted octanol–water partition coefficient (Wildman–Crippen LogP) is 4.77. The van der Waals surface area contributed by atoms with Crippen LogP contribution in [0.5, 0.6) is 5.75 Å². The summed E-state index contributed by atoms with van der Waals surface area (Å²) in [6.07, 6.45) is 7.75. The number of nitrogens with one attached hydrogen (secondary N) is 1. The first-order valence-electron chi connectivity index (χ1n) is 11.6. The molecule has 1 saturated heterocycles. The molecule has 2 aliphatic rings. The highest BCUT2D eigenvalue weighted by atomic mass is 32.2. The summed E-state index contributed by atoms with van der Waals surface area (Å²) in [4.78, 5) is 33.7. The first-order valence-corrected chi connectivity index (χ1v) is 12.8. The fourth-order valence-electron chi connectivity index (χ4n) is 4.50. The van der Waals surface area contributed by atoms with Gasteiger partial charge in [-0.25, -0.2) is 4.98 Å². The zero-order valence-electron chi connectivity index (χ0n) is 19.6. The molecule has 3 aromatic rings. The number of fused-ring (bicyclic) bond motifs is 1. The van der Waals surface area contributed by atoms with Gasteiger partial charge in [0.05, 0.1) is 24.1 Å². The van der Waals surface area contributed by atoms with Crippen LogP contribution in [-0.4, -0.2) is 37.7 Å². The minimum absolute atomic E-state index is 0.209. The van der Waals surface area contributed by atoms with Crippen molar-refractivity contribution >= 4 is 51.7 Å². The van der Waals surface area contributed by atoms with Gasteiger partial charge in [-0.05, 0) is 55.2 Å². The molecular formula is C26H26N4O3S2. The number of benzene rings is 1. The maximum Gasteiger partial charge on any atom is 0.267 e. The highest BCUT2D eigenvalue weighted by Crippen LogP contribution is 2.34. The summed E-state index contributed by atoms with van der Waals surface area (Å²) < 4.78 is 7.22. The van der Waals surface area contributed by atoms with Crippen LogP contribution in [0.15, 0.2) is 52.3 Å². The molecule has 0 bridgehead atoms. The number of aryl methyl sites for hydroxylation is 1. The third-order valence-corrected chi connectivity index (χ3v) is 7.81. The van der Waals surface area contributed by atoms with Crippen molar-refractivity contribution in [3.05, 3.63) is 74.5 Å². The van der Waals surface area contributed by atoms with E-state index in [4.69, 9.17) is 21.9 Å². The molecule has 2 fully saturated rings. The van der Waals surface area contributed by atoms with Crippen molar-refractivity contribution in [2.45, 2.75) is 45.2 Å². The lowest BCUT2D eigenvalue weighted by molar-refractivity contribution is -0.122. The van der Waals surface area contributed by atoms with Gasteiger partial charge in [0.1, 0.15) is 21.5 Å². The number of rotatable bonds is 6. The number of pyridine rings is 1. The van der Waals surface area contributed by atoms with E-state index in [1.54, 1.807) is 28.7 Å². The maximum absolute atomic E-state index is 13.5. The first kappa shape index (κ1) is 23.6. The zero-order chi connectivity index (χ0) is 24.5. The highest BCUT2D eigenvalue weighted by Gasteiger charge is 2.33. The summed E-state index contributed by atoms with van der Waals surface area (Å²) in [5.41, 5.74) is 2.64. The number of carbonyl (C=O) groups excluding carboxylic acids is 1. The number of hydrogen-bond donors (Lipinski definition) is 1. The van der Waals surface area contributed by atoms with E-state index in [0.29, 0.717) is 32.8 Å². The average Bonchev–Trinajstić information content (AvgIpc) is 3.46. The Bertz CT molecular complexity index is 1390. The van der Waals surface area contributed by atoms with Gasteiger partial charge < -0.3 is 10.1 Å². The molecule has 35 heavy (non-hydrogen) atoms. The molecule has 1 saturated carbocycles. The Morgan fingerprint density at radius 1 is 1.20 bits per heavy atom. The number of aromatic nitrogens is 2. The van der Waals surface area contributed by atoms with E-state index < -0.39 is 0 Å². The first-order chi connectivity index (χ1) is 16.9. The van der Waals surface area contributed by atoms with Gasteiger partial charge in [0, 0.05) is 12.2 Å². The molecule has 5 rings (SSSR count). The summed E-state index contributed by atoms with van der Waals surface area (Å²) in [5, 5.41) is 3.48. The third-order valence-electron chi connectivity index (χ3n) is 6.43. The van der Waals surface area contributed by atoms with Gasteiger partial charge in [-0.3, -0.25) is 18.9 Å². The summed E-state index contributed by atoms with van der Waals surface area (Å²) in [6, 6.07) is 11.6. The normalized spacial score (nSPS) is 17.7. The summed E-state index contributed by atoms with van der Waals surface area (Å²) in [5.74, 6) is 1.06. The van der Waals surface area contributed by atoms with Gasteiger partial charge in [0.25, 0.3) is 11.5 Å². The van der Waals surface area contributed by atoms with Crippen LogP contribution in [0.4, 0.5) is 5.82 Å². The molecule has 0 unspecified atom stereocenters. The van der Waals surface area contributed by atoms with Crippen LogP contribution in [0.1, 0.15) is 42.4 Å². The van der Waals surface area contributed by atoms with Crippen LogP contribution < -0.4 is 15.6 Å². The van der Waals surface area contributed by atoms with E-state index in [1.165, 1.54) is 11.8 Å². The highest BCUT2D eigenvalue weighted by molar-refractivity contribution is 8.26. The van der Waals surface area contributed by atoms with Crippen molar-refractivity contribution in [3.8, 4) is 5.75 Å². The molecule has 1 aliphatic heterocycles. The minimum Gasteiger partial charge on any atom is -0.497 e. The molecule has 0 radical (unpaired) electrons. The van der Waals surface area contributed by atoms with Crippen LogP contribution in [-0.2, 0) is 11.3 Å². The number of carbonyl (C=O) groups is 1. The van der Waals surface area contributed by atoms with Gasteiger partial charge in [0.15, 0.2) is 0 Å². The number of ether oxygens (including phenoxy) is 1. The molecule has 7 nitrogen and oxygen atoms in total. The third kappa shape index (κ3) is 4.70. The quantitative estimate of drug-likeness (QED) is 0.381. The van der Waals surface area contributed by atoms with Crippen LogP contribution in [0.3, 0.4) is 0 Å². The standard InChI is InChI=1S/C26H26N4O3S2/c1-16-6-5-13-29-23(16)28-22(27-18-7-3-4-8-18)20(24(29)31)14-21-25(32)30(26(34)35-21)15-17-9-11-19(33-2)12-10-17/h5-6,9-14,18,27H,3-4,7-8,15H2,1-2H3/b21-14+. The number of hydrogen-bond acceptors (Lipinski definition) is 7. The number of thioether (sulfide) groups is 1. The lowest BCUT2D eigenvalue weighted by atomic mass is 10.2. The smallest absolute Gasteiger partial charge is 0.267 e. The Kier molecular flexibility index (Phi) is 6.62. The number of anilines is 1. The zero-order valence-corrected chi connectivity index (χ0v) is 21.2. The SMILES string of the molecule is COc1ccc(CN2C(=O)/C(=C\c3c(NC4CCCC4)nc4c(C)cccn4c3=O)SC2=S)cc1. The summed E-state index contributed by atoms with van der Waals surface area (Å²) >= 11 is 6.73. The van der Waals surface area contributed by atoms with Crippen molar-refractivity contribution < 1.29 is 9.53 Å². The van der Waals surface area contributed by atoms with E-state index in [2.05, 4.69) is 5.32 Å². The molecule has 180 valence electrons. The largest absolute Gasteiger partial charge is 0.497 e. The van der Waals surface area contributed by atoms with Crippen molar-refractivity contribution in [2.24, 2.45) is 0 Å². The number of nitrogens with zero attached hydrogens (tertiary/aromatic N) is 3. The van der Waals surface area contributed by atoms with E-state index in [9.17, 15) is 9.59 Å². The molecule has 2 aromatic heterocycles. The Morgan fingerprint density at radius 3 is 2.66 bits per heavy atom. The Hall–Kier alpha value is -3.17. The fraction of sp³-hybridized carbons (Fsp3) is 0.308. The van der Waals surface area contributed by atoms with Crippen molar-refractivity contribution in [1.29, 1.82) is 0 Å². The van der Waals surface area contributed by atoms with Crippen LogP contribution in [0.25, 0.3) is 11.7 Å². The van der Waals surface area contributed by atoms with Crippen molar-refractivity contribution in [3.63, 3.8) is 0 Å². The maximum atomic E-state index is 13.5. The van der Waals surface area contributed by atoms with Gasteiger partial charge in [-0.15, -0.1) is 0 Å². The van der Waals surface area contributed by atoms with Crippen LogP contribution in [0, 0.1) is 6.92 Å². The molecule has 0 spiro atoms. The summed E-state index contributed by atoms with van der Waals surface area (Å²) in [6.45, 7) is 2.29. The lowest BCUT2D eigenvalue weighted by Crippen LogP contribution is -2.27. The van der Waals surface area contributed by atoms with Crippen LogP contribution in [0.2, 0.25) is 0 Å².